The van der Waals surface area contributed by atoms with Crippen LogP contribution in [-0.2, 0) is 17.9 Å². The van der Waals surface area contributed by atoms with Gasteiger partial charge in [0, 0.05) is 28.7 Å². The first-order valence-corrected chi connectivity index (χ1v) is 12.2. The molecule has 0 bridgehead atoms. The average Bonchev–Trinajstić information content (AvgIpc) is 3.17. The highest BCUT2D eigenvalue weighted by molar-refractivity contribution is 7.10. The topological polar surface area (TPSA) is 52.7 Å². The van der Waals surface area contributed by atoms with Gasteiger partial charge < -0.3 is 15.1 Å². The molecule has 3 rings (SSSR count). The Bertz CT molecular complexity index is 1070. The van der Waals surface area contributed by atoms with Crippen LogP contribution in [0.3, 0.4) is 0 Å². The largest absolute Gasteiger partial charge is 0.332 e. The van der Waals surface area contributed by atoms with Gasteiger partial charge in [0.15, 0.2) is 0 Å². The van der Waals surface area contributed by atoms with Crippen molar-refractivity contribution in [1.82, 2.24) is 9.80 Å². The van der Waals surface area contributed by atoms with Crippen LogP contribution >= 0.6 is 22.9 Å². The van der Waals surface area contributed by atoms with Gasteiger partial charge in [-0.25, -0.2) is 4.79 Å². The molecule has 0 saturated carbocycles. The number of amides is 3. The number of nitrogens with one attached hydrogen (secondary N) is 1. The summed E-state index contributed by atoms with van der Waals surface area (Å²) in [5.74, 6) is 0.124. The Balaban J connectivity index is 1.77. The van der Waals surface area contributed by atoms with Crippen molar-refractivity contribution in [3.63, 3.8) is 0 Å². The lowest BCUT2D eigenvalue weighted by Gasteiger charge is -2.29. The molecule has 33 heavy (non-hydrogen) atoms. The normalized spacial score (nSPS) is 10.8. The van der Waals surface area contributed by atoms with Gasteiger partial charge in [-0.05, 0) is 53.6 Å². The molecule has 174 valence electrons. The number of nitrogens with zero attached hydrogens (tertiary/aromatic N) is 2. The first-order valence-electron chi connectivity index (χ1n) is 11.0. The van der Waals surface area contributed by atoms with Crippen molar-refractivity contribution >= 4 is 40.6 Å². The predicted molar refractivity (Wildman–Crippen MR) is 137 cm³/mol. The van der Waals surface area contributed by atoms with E-state index in [0.29, 0.717) is 30.3 Å². The second kappa shape index (κ2) is 11.9. The first-order chi connectivity index (χ1) is 15.8. The van der Waals surface area contributed by atoms with Crippen molar-refractivity contribution in [2.24, 2.45) is 5.92 Å². The molecule has 0 radical (unpaired) electrons. The zero-order chi connectivity index (χ0) is 23.8. The fourth-order valence-corrected chi connectivity index (χ4v) is 4.58. The van der Waals surface area contributed by atoms with E-state index in [4.69, 9.17) is 11.6 Å². The van der Waals surface area contributed by atoms with E-state index in [0.717, 1.165) is 10.4 Å². The van der Waals surface area contributed by atoms with Crippen molar-refractivity contribution in [3.05, 3.63) is 87.1 Å². The number of carbonyl (C=O) groups is 2. The number of halogens is 1. The van der Waals surface area contributed by atoms with Crippen LogP contribution in [0.4, 0.5) is 10.5 Å². The summed E-state index contributed by atoms with van der Waals surface area (Å²) in [5.41, 5.74) is 2.83. The Kier molecular flexibility index (Phi) is 8.92. The molecular formula is C26H30ClN3O2S. The zero-order valence-corrected chi connectivity index (χ0v) is 20.8. The smallest absolute Gasteiger partial charge is 0.322 e. The van der Waals surface area contributed by atoms with Crippen molar-refractivity contribution in [2.45, 2.75) is 33.9 Å². The lowest BCUT2D eigenvalue weighted by molar-refractivity contribution is -0.133. The molecule has 0 aliphatic rings. The summed E-state index contributed by atoms with van der Waals surface area (Å²) in [6.45, 7) is 7.59. The highest BCUT2D eigenvalue weighted by atomic mass is 35.5. The number of hydrogen-bond acceptors (Lipinski definition) is 3. The second-order valence-electron chi connectivity index (χ2n) is 8.48. The fourth-order valence-electron chi connectivity index (χ4n) is 3.47. The van der Waals surface area contributed by atoms with Gasteiger partial charge in [0.05, 0.1) is 6.54 Å². The van der Waals surface area contributed by atoms with Crippen LogP contribution in [0.2, 0.25) is 5.02 Å². The molecule has 0 fully saturated rings. The molecule has 3 amide bonds. The maximum Gasteiger partial charge on any atom is 0.322 e. The van der Waals surface area contributed by atoms with E-state index in [2.05, 4.69) is 18.3 Å². The summed E-state index contributed by atoms with van der Waals surface area (Å²) in [4.78, 5) is 31.1. The van der Waals surface area contributed by atoms with Crippen LogP contribution < -0.4 is 5.32 Å². The van der Waals surface area contributed by atoms with Crippen LogP contribution in [0.5, 0.6) is 0 Å². The molecule has 7 heteroatoms. The van der Waals surface area contributed by atoms with E-state index < -0.39 is 0 Å². The second-order valence-corrected chi connectivity index (χ2v) is 9.91. The lowest BCUT2D eigenvalue weighted by atomic mass is 10.2. The van der Waals surface area contributed by atoms with Crippen molar-refractivity contribution in [1.29, 1.82) is 0 Å². The SMILES string of the molecule is Cc1ccsc1CN(Cc1ccccc1)C(=O)CN(CC(C)C)C(=O)Nc1cccc(Cl)c1. The first kappa shape index (κ1) is 24.8. The van der Waals surface area contributed by atoms with Crippen molar-refractivity contribution < 1.29 is 9.59 Å². The van der Waals surface area contributed by atoms with Crippen LogP contribution in [0.25, 0.3) is 0 Å². The monoisotopic (exact) mass is 483 g/mol. The van der Waals surface area contributed by atoms with Gasteiger partial charge in [0.1, 0.15) is 6.54 Å². The molecule has 1 heterocycles. The molecule has 0 atom stereocenters. The molecule has 0 saturated heterocycles. The Morgan fingerprint density at radius 1 is 1.00 bits per heavy atom. The third kappa shape index (κ3) is 7.62. The maximum atomic E-state index is 13.5. The van der Waals surface area contributed by atoms with Gasteiger partial charge in [0.2, 0.25) is 5.91 Å². The molecule has 0 aliphatic carbocycles. The highest BCUT2D eigenvalue weighted by Gasteiger charge is 2.23. The minimum atomic E-state index is -0.314. The van der Waals surface area contributed by atoms with E-state index in [1.165, 1.54) is 5.56 Å². The molecule has 0 unspecified atom stereocenters. The molecule has 1 N–H and O–H groups in total. The number of anilines is 1. The van der Waals surface area contributed by atoms with Crippen LogP contribution in [0.15, 0.2) is 66.0 Å². The summed E-state index contributed by atoms with van der Waals surface area (Å²) in [6, 6.07) is 18.7. The average molecular weight is 484 g/mol. The molecule has 0 aliphatic heterocycles. The van der Waals surface area contributed by atoms with Crippen LogP contribution in [-0.4, -0.2) is 34.8 Å². The molecule has 5 nitrogen and oxygen atoms in total. The van der Waals surface area contributed by atoms with E-state index in [9.17, 15) is 9.59 Å². The highest BCUT2D eigenvalue weighted by Crippen LogP contribution is 2.20. The maximum absolute atomic E-state index is 13.5. The molecule has 1 aromatic heterocycles. The number of aryl methyl sites for hydroxylation is 1. The third-order valence-electron chi connectivity index (χ3n) is 5.15. The van der Waals surface area contributed by atoms with E-state index in [-0.39, 0.29) is 24.4 Å². The number of carbonyl (C=O) groups excluding carboxylic acids is 2. The summed E-state index contributed by atoms with van der Waals surface area (Å²) in [6.07, 6.45) is 0. The van der Waals surface area contributed by atoms with E-state index in [1.807, 2.05) is 54.5 Å². The lowest BCUT2D eigenvalue weighted by Crippen LogP contribution is -2.45. The van der Waals surface area contributed by atoms with E-state index >= 15 is 0 Å². The summed E-state index contributed by atoms with van der Waals surface area (Å²) in [7, 11) is 0. The molecule has 0 spiro atoms. The molecular weight excluding hydrogens is 454 g/mol. The zero-order valence-electron chi connectivity index (χ0n) is 19.3. The summed E-state index contributed by atoms with van der Waals surface area (Å²) >= 11 is 7.70. The Morgan fingerprint density at radius 3 is 2.39 bits per heavy atom. The fraction of sp³-hybridized carbons (Fsp3) is 0.308. The third-order valence-corrected chi connectivity index (χ3v) is 6.39. The van der Waals surface area contributed by atoms with Crippen LogP contribution in [0.1, 0.15) is 29.9 Å². The number of hydrogen-bond donors (Lipinski definition) is 1. The summed E-state index contributed by atoms with van der Waals surface area (Å²) in [5, 5.41) is 5.45. The number of thiophene rings is 1. The van der Waals surface area contributed by atoms with Crippen molar-refractivity contribution in [3.8, 4) is 0 Å². The predicted octanol–water partition coefficient (Wildman–Crippen LogP) is 6.43. The van der Waals surface area contributed by atoms with Gasteiger partial charge in [-0.1, -0.05) is 61.8 Å². The van der Waals surface area contributed by atoms with Crippen molar-refractivity contribution in [2.75, 3.05) is 18.4 Å². The molecule has 3 aromatic rings. The number of rotatable bonds is 9. The van der Waals surface area contributed by atoms with Gasteiger partial charge >= 0.3 is 6.03 Å². The van der Waals surface area contributed by atoms with Gasteiger partial charge in [-0.15, -0.1) is 11.3 Å². The van der Waals surface area contributed by atoms with Gasteiger partial charge in [-0.2, -0.15) is 0 Å². The number of benzene rings is 2. The van der Waals surface area contributed by atoms with Gasteiger partial charge in [0.25, 0.3) is 0 Å². The summed E-state index contributed by atoms with van der Waals surface area (Å²) < 4.78 is 0. The minimum Gasteiger partial charge on any atom is -0.332 e. The Labute approximate surface area is 205 Å². The van der Waals surface area contributed by atoms with Gasteiger partial charge in [-0.3, -0.25) is 4.79 Å². The van der Waals surface area contributed by atoms with E-state index in [1.54, 1.807) is 40.5 Å². The van der Waals surface area contributed by atoms with Crippen LogP contribution in [0, 0.1) is 12.8 Å². The standard InChI is InChI=1S/C26H30ClN3O2S/c1-19(2)15-30(26(32)28-23-11-7-10-22(27)14-23)18-25(31)29(16-21-8-5-4-6-9-21)17-24-20(3)12-13-33-24/h4-14,19H,15-18H2,1-3H3,(H,28,32). The molecule has 2 aromatic carbocycles. The Morgan fingerprint density at radius 2 is 1.76 bits per heavy atom. The number of urea groups is 1. The Hall–Kier alpha value is -2.83. The quantitative estimate of drug-likeness (QED) is 0.381. The minimum absolute atomic E-state index is 0.00182.